The van der Waals surface area contributed by atoms with Crippen LogP contribution in [0.5, 0.6) is 0 Å². The highest BCUT2D eigenvalue weighted by molar-refractivity contribution is 9.10. The number of carbonyl (C=O) groups is 1. The summed E-state index contributed by atoms with van der Waals surface area (Å²) in [5, 5.41) is 4.80. The molecule has 2 heterocycles. The first-order valence-corrected chi connectivity index (χ1v) is 8.57. The van der Waals surface area contributed by atoms with Gasteiger partial charge in [0.05, 0.1) is 21.8 Å². The molecule has 126 valence electrons. The number of rotatable bonds is 4. The smallest absolute Gasteiger partial charge is 0.272 e. The van der Waals surface area contributed by atoms with Crippen LogP contribution in [0.25, 0.3) is 11.3 Å². The quantitative estimate of drug-likeness (QED) is 0.451. The Balaban J connectivity index is 1.67. The number of hydrogen-bond acceptors (Lipinski definition) is 4. The number of pyridine rings is 1. The fraction of sp³-hybridized carbons (Fsp3) is 0. The van der Waals surface area contributed by atoms with E-state index in [1.807, 2.05) is 0 Å². The Labute approximate surface area is 161 Å². The summed E-state index contributed by atoms with van der Waals surface area (Å²) in [6.07, 6.45) is 4.45. The SMILES string of the molecule is O=C(N/N=C/c1ccc(-c2ccc(Cl)c(Cl)c2)o1)c1cncc(Br)c1. The average molecular weight is 439 g/mol. The fourth-order valence-electron chi connectivity index (χ4n) is 1.98. The molecule has 0 saturated heterocycles. The highest BCUT2D eigenvalue weighted by Crippen LogP contribution is 2.29. The number of nitrogens with zero attached hydrogens (tertiary/aromatic N) is 2. The number of amides is 1. The Morgan fingerprint density at radius 2 is 2.00 bits per heavy atom. The van der Waals surface area contributed by atoms with Gasteiger partial charge in [-0.05, 0) is 52.3 Å². The molecular weight excluding hydrogens is 429 g/mol. The van der Waals surface area contributed by atoms with Crippen LogP contribution in [0.4, 0.5) is 0 Å². The van der Waals surface area contributed by atoms with Gasteiger partial charge in [-0.2, -0.15) is 5.10 Å². The van der Waals surface area contributed by atoms with Gasteiger partial charge < -0.3 is 4.42 Å². The molecule has 0 radical (unpaired) electrons. The van der Waals surface area contributed by atoms with Crippen molar-refractivity contribution in [3.8, 4) is 11.3 Å². The third-order valence-corrected chi connectivity index (χ3v) is 4.33. The van der Waals surface area contributed by atoms with Crippen molar-refractivity contribution in [3.05, 3.63) is 74.6 Å². The van der Waals surface area contributed by atoms with E-state index in [0.29, 0.717) is 31.6 Å². The van der Waals surface area contributed by atoms with Gasteiger partial charge in [0, 0.05) is 22.4 Å². The van der Waals surface area contributed by atoms with Crippen molar-refractivity contribution in [1.29, 1.82) is 0 Å². The van der Waals surface area contributed by atoms with E-state index in [9.17, 15) is 4.79 Å². The molecular formula is C17H10BrCl2N3O2. The molecule has 25 heavy (non-hydrogen) atoms. The lowest BCUT2D eigenvalue weighted by molar-refractivity contribution is 0.0954. The number of benzene rings is 1. The van der Waals surface area contributed by atoms with E-state index >= 15 is 0 Å². The van der Waals surface area contributed by atoms with Gasteiger partial charge >= 0.3 is 0 Å². The number of hydrogen-bond donors (Lipinski definition) is 1. The van der Waals surface area contributed by atoms with E-state index in [1.165, 1.54) is 12.4 Å². The molecule has 0 aliphatic heterocycles. The summed E-state index contributed by atoms with van der Waals surface area (Å²) in [5.74, 6) is 0.720. The van der Waals surface area contributed by atoms with Crippen molar-refractivity contribution in [2.45, 2.75) is 0 Å². The number of nitrogens with one attached hydrogen (secondary N) is 1. The lowest BCUT2D eigenvalue weighted by Gasteiger charge is -2.00. The molecule has 1 aromatic carbocycles. The largest absolute Gasteiger partial charge is 0.455 e. The predicted octanol–water partition coefficient (Wildman–Crippen LogP) is 5.17. The first-order chi connectivity index (χ1) is 12.0. The summed E-state index contributed by atoms with van der Waals surface area (Å²) in [6, 6.07) is 10.4. The third-order valence-electron chi connectivity index (χ3n) is 3.16. The van der Waals surface area contributed by atoms with Gasteiger partial charge in [0.1, 0.15) is 11.5 Å². The van der Waals surface area contributed by atoms with Gasteiger partial charge in [-0.3, -0.25) is 9.78 Å². The van der Waals surface area contributed by atoms with Crippen LogP contribution in [-0.2, 0) is 0 Å². The Hall–Kier alpha value is -2.15. The Morgan fingerprint density at radius 3 is 2.76 bits per heavy atom. The molecule has 2 aromatic heterocycles. The van der Waals surface area contributed by atoms with Gasteiger partial charge in [-0.25, -0.2) is 5.43 Å². The van der Waals surface area contributed by atoms with Crippen LogP contribution in [0, 0.1) is 0 Å². The molecule has 0 aliphatic carbocycles. The second kappa shape index (κ2) is 7.82. The molecule has 0 unspecified atom stereocenters. The molecule has 0 aliphatic rings. The van der Waals surface area contributed by atoms with Crippen LogP contribution in [0.1, 0.15) is 16.1 Å². The first-order valence-electron chi connectivity index (χ1n) is 7.02. The van der Waals surface area contributed by atoms with E-state index in [1.54, 1.807) is 42.6 Å². The molecule has 0 fully saturated rings. The van der Waals surface area contributed by atoms with E-state index in [0.717, 1.165) is 5.56 Å². The first kappa shape index (κ1) is 17.7. The summed E-state index contributed by atoms with van der Waals surface area (Å²) < 4.78 is 6.36. The summed E-state index contributed by atoms with van der Waals surface area (Å²) in [6.45, 7) is 0. The van der Waals surface area contributed by atoms with Crippen LogP contribution in [0.15, 0.2) is 62.8 Å². The van der Waals surface area contributed by atoms with E-state index in [4.69, 9.17) is 27.6 Å². The zero-order valence-electron chi connectivity index (χ0n) is 12.5. The monoisotopic (exact) mass is 437 g/mol. The van der Waals surface area contributed by atoms with Crippen molar-refractivity contribution in [2.75, 3.05) is 0 Å². The maximum absolute atomic E-state index is 11.9. The summed E-state index contributed by atoms with van der Waals surface area (Å²) in [5.41, 5.74) is 3.59. The number of furan rings is 1. The van der Waals surface area contributed by atoms with Gasteiger partial charge in [0.15, 0.2) is 0 Å². The van der Waals surface area contributed by atoms with E-state index < -0.39 is 0 Å². The molecule has 0 atom stereocenters. The minimum absolute atomic E-state index is 0.374. The number of carbonyl (C=O) groups excluding carboxylic acids is 1. The maximum atomic E-state index is 11.9. The van der Waals surface area contributed by atoms with Crippen molar-refractivity contribution in [2.24, 2.45) is 5.10 Å². The summed E-state index contributed by atoms with van der Waals surface area (Å²) in [4.78, 5) is 15.9. The Morgan fingerprint density at radius 1 is 1.16 bits per heavy atom. The molecule has 8 heteroatoms. The van der Waals surface area contributed by atoms with Gasteiger partial charge in [-0.15, -0.1) is 0 Å². The highest BCUT2D eigenvalue weighted by Gasteiger charge is 2.07. The predicted molar refractivity (Wildman–Crippen MR) is 101 cm³/mol. The fourth-order valence-corrected chi connectivity index (χ4v) is 2.64. The number of hydrazone groups is 1. The Kier molecular flexibility index (Phi) is 5.53. The molecule has 0 saturated carbocycles. The zero-order chi connectivity index (χ0) is 17.8. The van der Waals surface area contributed by atoms with Crippen LogP contribution in [-0.4, -0.2) is 17.1 Å². The van der Waals surface area contributed by atoms with Crippen LogP contribution < -0.4 is 5.43 Å². The second-order valence-electron chi connectivity index (χ2n) is 4.92. The maximum Gasteiger partial charge on any atom is 0.272 e. The molecule has 1 N–H and O–H groups in total. The highest BCUT2D eigenvalue weighted by atomic mass is 79.9. The van der Waals surface area contributed by atoms with Gasteiger partial charge in [0.25, 0.3) is 5.91 Å². The number of aromatic nitrogens is 1. The van der Waals surface area contributed by atoms with Crippen LogP contribution in [0.2, 0.25) is 10.0 Å². The zero-order valence-corrected chi connectivity index (χ0v) is 15.6. The van der Waals surface area contributed by atoms with E-state index in [2.05, 4.69) is 31.4 Å². The summed E-state index contributed by atoms with van der Waals surface area (Å²) in [7, 11) is 0. The molecule has 0 bridgehead atoms. The minimum atomic E-state index is -0.374. The number of halogens is 3. The van der Waals surface area contributed by atoms with Crippen LogP contribution >= 0.6 is 39.1 Å². The van der Waals surface area contributed by atoms with Crippen molar-refractivity contribution in [1.82, 2.24) is 10.4 Å². The van der Waals surface area contributed by atoms with Crippen molar-refractivity contribution >= 4 is 51.3 Å². The molecule has 3 rings (SSSR count). The normalized spacial score (nSPS) is 11.0. The molecule has 1 amide bonds. The molecule has 5 nitrogen and oxygen atoms in total. The molecule has 0 spiro atoms. The summed E-state index contributed by atoms with van der Waals surface area (Å²) >= 11 is 15.2. The lowest BCUT2D eigenvalue weighted by atomic mass is 10.2. The molecule has 3 aromatic rings. The standard InChI is InChI=1S/C17H10BrCl2N3O2/c18-12-5-11(7-21-8-12)17(24)23-22-9-13-2-4-16(25-13)10-1-3-14(19)15(20)6-10/h1-9H,(H,23,24)/b22-9+. The average Bonchev–Trinajstić information content (AvgIpc) is 3.06. The van der Waals surface area contributed by atoms with Gasteiger partial charge in [0.2, 0.25) is 0 Å². The topological polar surface area (TPSA) is 67.5 Å². The van der Waals surface area contributed by atoms with E-state index in [-0.39, 0.29) is 5.91 Å². The Bertz CT molecular complexity index is 957. The third kappa shape index (κ3) is 4.48. The second-order valence-corrected chi connectivity index (χ2v) is 6.65. The van der Waals surface area contributed by atoms with Crippen LogP contribution in [0.3, 0.4) is 0 Å². The van der Waals surface area contributed by atoms with Crippen molar-refractivity contribution < 1.29 is 9.21 Å². The minimum Gasteiger partial charge on any atom is -0.455 e. The van der Waals surface area contributed by atoms with Gasteiger partial charge in [-0.1, -0.05) is 23.2 Å². The van der Waals surface area contributed by atoms with Crippen molar-refractivity contribution in [3.63, 3.8) is 0 Å². The lowest BCUT2D eigenvalue weighted by Crippen LogP contribution is -2.17.